The van der Waals surface area contributed by atoms with Crippen LogP contribution in [0.5, 0.6) is 5.75 Å². The fourth-order valence-corrected chi connectivity index (χ4v) is 2.99. The molecule has 0 atom stereocenters. The molecule has 2 heteroatoms. The van der Waals surface area contributed by atoms with Crippen molar-refractivity contribution in [1.29, 1.82) is 0 Å². The minimum absolute atomic E-state index is 0.806. The molecule has 0 saturated heterocycles. The normalized spacial score (nSPS) is 13.7. The number of nitrogens with one attached hydrogen (secondary N) is 1. The van der Waals surface area contributed by atoms with Gasteiger partial charge in [-0.2, -0.15) is 0 Å². The van der Waals surface area contributed by atoms with Crippen molar-refractivity contribution in [2.45, 2.75) is 32.2 Å². The van der Waals surface area contributed by atoms with Crippen LogP contribution in [0, 0.1) is 0 Å². The molecule has 0 amide bonds. The zero-order valence-corrected chi connectivity index (χ0v) is 12.0. The van der Waals surface area contributed by atoms with E-state index in [1.807, 2.05) is 12.1 Å². The third-order valence-corrected chi connectivity index (χ3v) is 4.06. The van der Waals surface area contributed by atoms with Gasteiger partial charge < -0.3 is 10.1 Å². The van der Waals surface area contributed by atoms with Gasteiger partial charge in [0.15, 0.2) is 0 Å². The van der Waals surface area contributed by atoms with E-state index in [0.717, 1.165) is 12.3 Å². The number of aryl methyl sites for hydroxylation is 1. The zero-order chi connectivity index (χ0) is 13.8. The smallest absolute Gasteiger partial charge is 0.123 e. The molecule has 0 heterocycles. The van der Waals surface area contributed by atoms with Crippen LogP contribution in [-0.2, 0) is 19.4 Å². The average molecular weight is 267 g/mol. The lowest BCUT2D eigenvalue weighted by atomic mass is 9.90. The van der Waals surface area contributed by atoms with E-state index in [1.54, 1.807) is 7.11 Å². The first-order chi connectivity index (χ1) is 9.88. The van der Waals surface area contributed by atoms with Gasteiger partial charge in [0, 0.05) is 17.8 Å². The Kier molecular flexibility index (Phi) is 3.91. The highest BCUT2D eigenvalue weighted by molar-refractivity contribution is 5.56. The molecule has 20 heavy (non-hydrogen) atoms. The Bertz CT molecular complexity index is 592. The summed E-state index contributed by atoms with van der Waals surface area (Å²) in [4.78, 5) is 0. The third kappa shape index (κ3) is 2.64. The molecule has 0 aliphatic heterocycles. The maximum absolute atomic E-state index is 5.41. The molecule has 2 nitrogen and oxygen atoms in total. The van der Waals surface area contributed by atoms with Crippen LogP contribution in [0.25, 0.3) is 0 Å². The Labute approximate surface area is 120 Å². The van der Waals surface area contributed by atoms with Crippen molar-refractivity contribution in [2.24, 2.45) is 0 Å². The van der Waals surface area contributed by atoms with Crippen LogP contribution in [-0.4, -0.2) is 7.11 Å². The SMILES string of the molecule is COc1ccccc1CNc1cccc2c1CCCC2. The van der Waals surface area contributed by atoms with Crippen LogP contribution in [0.3, 0.4) is 0 Å². The van der Waals surface area contributed by atoms with E-state index in [1.165, 1.54) is 48.1 Å². The molecule has 1 aliphatic carbocycles. The Morgan fingerprint density at radius 1 is 1.00 bits per heavy atom. The number of anilines is 1. The number of hydrogen-bond acceptors (Lipinski definition) is 2. The molecule has 0 aromatic heterocycles. The maximum Gasteiger partial charge on any atom is 0.123 e. The van der Waals surface area contributed by atoms with Gasteiger partial charge in [0.25, 0.3) is 0 Å². The summed E-state index contributed by atoms with van der Waals surface area (Å²) < 4.78 is 5.41. The van der Waals surface area contributed by atoms with Gasteiger partial charge >= 0.3 is 0 Å². The van der Waals surface area contributed by atoms with Gasteiger partial charge in [0.1, 0.15) is 5.75 Å². The van der Waals surface area contributed by atoms with Gasteiger partial charge in [-0.05, 0) is 48.9 Å². The second-order valence-corrected chi connectivity index (χ2v) is 5.32. The molecule has 0 spiro atoms. The molecule has 0 saturated carbocycles. The van der Waals surface area contributed by atoms with E-state index in [9.17, 15) is 0 Å². The summed E-state index contributed by atoms with van der Waals surface area (Å²) in [5.74, 6) is 0.949. The Balaban J connectivity index is 1.79. The van der Waals surface area contributed by atoms with E-state index in [0.29, 0.717) is 0 Å². The minimum Gasteiger partial charge on any atom is -0.496 e. The molecule has 2 aromatic carbocycles. The first-order valence-corrected chi connectivity index (χ1v) is 7.35. The zero-order valence-electron chi connectivity index (χ0n) is 12.0. The molecular formula is C18H21NO. The van der Waals surface area contributed by atoms with Gasteiger partial charge in [-0.25, -0.2) is 0 Å². The Morgan fingerprint density at radius 3 is 2.75 bits per heavy atom. The highest BCUT2D eigenvalue weighted by Crippen LogP contribution is 2.28. The molecule has 0 radical (unpaired) electrons. The van der Waals surface area contributed by atoms with Crippen molar-refractivity contribution in [3.63, 3.8) is 0 Å². The number of methoxy groups -OCH3 is 1. The van der Waals surface area contributed by atoms with Gasteiger partial charge in [-0.15, -0.1) is 0 Å². The van der Waals surface area contributed by atoms with Crippen molar-refractivity contribution in [3.8, 4) is 5.75 Å². The first-order valence-electron chi connectivity index (χ1n) is 7.35. The predicted octanol–water partition coefficient (Wildman–Crippen LogP) is 4.19. The summed E-state index contributed by atoms with van der Waals surface area (Å²) >= 11 is 0. The van der Waals surface area contributed by atoms with Gasteiger partial charge in [0.2, 0.25) is 0 Å². The molecule has 104 valence electrons. The lowest BCUT2D eigenvalue weighted by molar-refractivity contribution is 0.410. The summed E-state index contributed by atoms with van der Waals surface area (Å²) in [6.07, 6.45) is 5.05. The van der Waals surface area contributed by atoms with Crippen molar-refractivity contribution in [1.82, 2.24) is 0 Å². The Morgan fingerprint density at radius 2 is 1.85 bits per heavy atom. The van der Waals surface area contributed by atoms with Crippen LogP contribution in [0.15, 0.2) is 42.5 Å². The molecule has 1 N–H and O–H groups in total. The standard InChI is InChI=1S/C18H21NO/c1-20-18-12-5-3-8-15(18)13-19-17-11-6-9-14-7-2-4-10-16(14)17/h3,5-6,8-9,11-12,19H,2,4,7,10,13H2,1H3. The second-order valence-electron chi connectivity index (χ2n) is 5.32. The predicted molar refractivity (Wildman–Crippen MR) is 83.4 cm³/mol. The average Bonchev–Trinajstić information content (AvgIpc) is 2.53. The number of para-hydroxylation sites is 1. The Hall–Kier alpha value is -1.96. The number of ether oxygens (including phenoxy) is 1. The summed E-state index contributed by atoms with van der Waals surface area (Å²) in [5, 5.41) is 3.58. The van der Waals surface area contributed by atoms with Crippen LogP contribution < -0.4 is 10.1 Å². The van der Waals surface area contributed by atoms with Crippen LogP contribution >= 0.6 is 0 Å². The fourth-order valence-electron chi connectivity index (χ4n) is 2.99. The molecule has 0 unspecified atom stereocenters. The molecule has 3 rings (SSSR count). The van der Waals surface area contributed by atoms with E-state index in [4.69, 9.17) is 4.74 Å². The topological polar surface area (TPSA) is 21.3 Å². The number of hydrogen-bond donors (Lipinski definition) is 1. The van der Waals surface area contributed by atoms with Gasteiger partial charge in [-0.3, -0.25) is 0 Å². The lowest BCUT2D eigenvalue weighted by Gasteiger charge is -2.20. The largest absolute Gasteiger partial charge is 0.496 e. The number of benzene rings is 2. The van der Waals surface area contributed by atoms with Crippen molar-refractivity contribution in [3.05, 3.63) is 59.2 Å². The highest BCUT2D eigenvalue weighted by atomic mass is 16.5. The summed E-state index contributed by atoms with van der Waals surface area (Å²) in [7, 11) is 1.73. The summed E-state index contributed by atoms with van der Waals surface area (Å²) in [5.41, 5.74) is 5.51. The van der Waals surface area contributed by atoms with Crippen LogP contribution in [0.2, 0.25) is 0 Å². The highest BCUT2D eigenvalue weighted by Gasteiger charge is 2.12. The van der Waals surface area contributed by atoms with Crippen molar-refractivity contribution in [2.75, 3.05) is 12.4 Å². The molecular weight excluding hydrogens is 246 g/mol. The summed E-state index contributed by atoms with van der Waals surface area (Å²) in [6.45, 7) is 0.806. The first kappa shape index (κ1) is 13.0. The molecule has 1 aliphatic rings. The second kappa shape index (κ2) is 6.00. The summed E-state index contributed by atoms with van der Waals surface area (Å²) in [6, 6.07) is 14.8. The van der Waals surface area contributed by atoms with Crippen LogP contribution in [0.1, 0.15) is 29.5 Å². The van der Waals surface area contributed by atoms with Crippen molar-refractivity contribution >= 4 is 5.69 Å². The number of rotatable bonds is 4. The molecule has 0 bridgehead atoms. The van der Waals surface area contributed by atoms with Crippen molar-refractivity contribution < 1.29 is 4.74 Å². The lowest BCUT2D eigenvalue weighted by Crippen LogP contribution is -2.09. The van der Waals surface area contributed by atoms with E-state index < -0.39 is 0 Å². The third-order valence-electron chi connectivity index (χ3n) is 4.06. The maximum atomic E-state index is 5.41. The minimum atomic E-state index is 0.806. The van der Waals surface area contributed by atoms with E-state index in [-0.39, 0.29) is 0 Å². The van der Waals surface area contributed by atoms with Gasteiger partial charge in [-0.1, -0.05) is 30.3 Å². The monoisotopic (exact) mass is 267 g/mol. The van der Waals surface area contributed by atoms with Gasteiger partial charge in [0.05, 0.1) is 7.11 Å². The molecule has 0 fully saturated rings. The number of fused-ring (bicyclic) bond motifs is 1. The van der Waals surface area contributed by atoms with E-state index in [2.05, 4.69) is 35.6 Å². The molecule has 2 aromatic rings. The fraction of sp³-hybridized carbons (Fsp3) is 0.333. The van der Waals surface area contributed by atoms with Crippen LogP contribution in [0.4, 0.5) is 5.69 Å². The quantitative estimate of drug-likeness (QED) is 0.897. The van der Waals surface area contributed by atoms with E-state index >= 15 is 0 Å².